The standard InChI is InChI=1S/C13H16N2O2/c1-9(14)6-11-8-17-13(15-11)10-4-3-5-12(7-10)16-2/h3-5,7-9H,6,14H2,1-2H3. The number of aromatic nitrogens is 1. The van der Waals surface area contributed by atoms with E-state index in [4.69, 9.17) is 14.9 Å². The molecule has 0 fully saturated rings. The summed E-state index contributed by atoms with van der Waals surface area (Å²) in [5.74, 6) is 1.38. The fraction of sp³-hybridized carbons (Fsp3) is 0.308. The van der Waals surface area contributed by atoms with E-state index in [9.17, 15) is 0 Å². The third kappa shape index (κ3) is 2.85. The number of nitrogens with zero attached hydrogens (tertiary/aromatic N) is 1. The van der Waals surface area contributed by atoms with E-state index < -0.39 is 0 Å². The van der Waals surface area contributed by atoms with Gasteiger partial charge in [0.1, 0.15) is 12.0 Å². The van der Waals surface area contributed by atoms with Gasteiger partial charge < -0.3 is 14.9 Å². The average Bonchev–Trinajstić information content (AvgIpc) is 2.77. The Hall–Kier alpha value is -1.81. The highest BCUT2D eigenvalue weighted by atomic mass is 16.5. The van der Waals surface area contributed by atoms with Gasteiger partial charge in [-0.05, 0) is 25.1 Å². The first kappa shape index (κ1) is 11.7. The van der Waals surface area contributed by atoms with Crippen LogP contribution < -0.4 is 10.5 Å². The van der Waals surface area contributed by atoms with Crippen LogP contribution in [0.15, 0.2) is 34.9 Å². The molecular formula is C13H16N2O2. The largest absolute Gasteiger partial charge is 0.497 e. The number of hydrogen-bond donors (Lipinski definition) is 1. The predicted octanol–water partition coefficient (Wildman–Crippen LogP) is 2.24. The van der Waals surface area contributed by atoms with Gasteiger partial charge in [-0.1, -0.05) is 6.07 Å². The highest BCUT2D eigenvalue weighted by Crippen LogP contribution is 2.23. The number of methoxy groups -OCH3 is 1. The number of rotatable bonds is 4. The molecular weight excluding hydrogens is 216 g/mol. The Bertz CT molecular complexity index is 492. The van der Waals surface area contributed by atoms with Crippen molar-refractivity contribution in [1.82, 2.24) is 4.98 Å². The van der Waals surface area contributed by atoms with Crippen LogP contribution in [0.5, 0.6) is 5.75 Å². The number of ether oxygens (including phenoxy) is 1. The van der Waals surface area contributed by atoms with Crippen LogP contribution in [0.25, 0.3) is 11.5 Å². The van der Waals surface area contributed by atoms with E-state index in [1.54, 1.807) is 13.4 Å². The van der Waals surface area contributed by atoms with E-state index in [1.165, 1.54) is 0 Å². The second-order valence-electron chi connectivity index (χ2n) is 4.06. The molecule has 2 aromatic rings. The minimum Gasteiger partial charge on any atom is -0.497 e. The zero-order chi connectivity index (χ0) is 12.3. The summed E-state index contributed by atoms with van der Waals surface area (Å²) in [4.78, 5) is 4.39. The van der Waals surface area contributed by atoms with Crippen LogP contribution in [0.3, 0.4) is 0 Å². The Morgan fingerprint density at radius 3 is 3.00 bits per heavy atom. The molecule has 1 aromatic carbocycles. The molecule has 1 heterocycles. The number of hydrogen-bond acceptors (Lipinski definition) is 4. The van der Waals surface area contributed by atoms with E-state index in [-0.39, 0.29) is 6.04 Å². The van der Waals surface area contributed by atoms with Gasteiger partial charge >= 0.3 is 0 Å². The Balaban J connectivity index is 2.24. The van der Waals surface area contributed by atoms with Crippen molar-refractivity contribution in [2.24, 2.45) is 5.73 Å². The van der Waals surface area contributed by atoms with Gasteiger partial charge in [0, 0.05) is 18.0 Å². The van der Waals surface area contributed by atoms with Crippen LogP contribution in [0.2, 0.25) is 0 Å². The Labute approximate surface area is 100 Å². The second-order valence-corrected chi connectivity index (χ2v) is 4.06. The average molecular weight is 232 g/mol. The zero-order valence-electron chi connectivity index (χ0n) is 10.0. The van der Waals surface area contributed by atoms with Crippen molar-refractivity contribution in [2.75, 3.05) is 7.11 Å². The molecule has 2 N–H and O–H groups in total. The molecule has 4 heteroatoms. The van der Waals surface area contributed by atoms with E-state index in [1.807, 2.05) is 31.2 Å². The normalized spacial score (nSPS) is 12.4. The molecule has 0 aliphatic carbocycles. The minimum absolute atomic E-state index is 0.0817. The van der Waals surface area contributed by atoms with Crippen LogP contribution in [-0.4, -0.2) is 18.1 Å². The van der Waals surface area contributed by atoms with E-state index in [2.05, 4.69) is 4.98 Å². The fourth-order valence-electron chi connectivity index (χ4n) is 1.62. The molecule has 1 unspecified atom stereocenters. The summed E-state index contributed by atoms with van der Waals surface area (Å²) in [6.07, 6.45) is 2.37. The van der Waals surface area contributed by atoms with E-state index in [0.717, 1.165) is 17.0 Å². The predicted molar refractivity (Wildman–Crippen MR) is 65.8 cm³/mol. The molecule has 1 atom stereocenters. The highest BCUT2D eigenvalue weighted by Gasteiger charge is 2.08. The SMILES string of the molecule is COc1cccc(-c2nc(CC(C)N)co2)c1. The summed E-state index contributed by atoms with van der Waals surface area (Å²) in [5.41, 5.74) is 7.49. The zero-order valence-corrected chi connectivity index (χ0v) is 10.0. The van der Waals surface area contributed by atoms with Crippen molar-refractivity contribution in [2.45, 2.75) is 19.4 Å². The Morgan fingerprint density at radius 2 is 2.29 bits per heavy atom. The van der Waals surface area contributed by atoms with E-state index >= 15 is 0 Å². The molecule has 0 amide bonds. The number of oxazole rings is 1. The van der Waals surface area contributed by atoms with Crippen LogP contribution >= 0.6 is 0 Å². The van der Waals surface area contributed by atoms with Gasteiger partial charge in [0.25, 0.3) is 0 Å². The maximum absolute atomic E-state index is 5.72. The Kier molecular flexibility index (Phi) is 3.44. The summed E-state index contributed by atoms with van der Waals surface area (Å²) >= 11 is 0. The van der Waals surface area contributed by atoms with Gasteiger partial charge in [-0.2, -0.15) is 0 Å². The molecule has 0 aliphatic rings. The Morgan fingerprint density at radius 1 is 1.47 bits per heavy atom. The summed E-state index contributed by atoms with van der Waals surface area (Å²) in [7, 11) is 1.64. The summed E-state index contributed by atoms with van der Waals surface area (Å²) in [6, 6.07) is 7.70. The van der Waals surface area contributed by atoms with Crippen LogP contribution in [0.1, 0.15) is 12.6 Å². The molecule has 4 nitrogen and oxygen atoms in total. The molecule has 0 spiro atoms. The lowest BCUT2D eigenvalue weighted by Crippen LogP contribution is -2.17. The molecule has 0 bridgehead atoms. The third-order valence-corrected chi connectivity index (χ3v) is 2.40. The van der Waals surface area contributed by atoms with Crippen molar-refractivity contribution >= 4 is 0 Å². The van der Waals surface area contributed by atoms with Crippen molar-refractivity contribution in [3.05, 3.63) is 36.2 Å². The smallest absolute Gasteiger partial charge is 0.226 e. The molecule has 1 aromatic heterocycles. The first-order chi connectivity index (χ1) is 8.19. The molecule has 0 saturated heterocycles. The summed E-state index contributed by atoms with van der Waals surface area (Å²) in [6.45, 7) is 1.94. The highest BCUT2D eigenvalue weighted by molar-refractivity contribution is 5.55. The maximum atomic E-state index is 5.72. The van der Waals surface area contributed by atoms with E-state index in [0.29, 0.717) is 12.3 Å². The van der Waals surface area contributed by atoms with Crippen molar-refractivity contribution < 1.29 is 9.15 Å². The molecule has 0 saturated carbocycles. The lowest BCUT2D eigenvalue weighted by molar-refractivity contribution is 0.414. The molecule has 0 aliphatic heterocycles. The fourth-order valence-corrected chi connectivity index (χ4v) is 1.62. The molecule has 17 heavy (non-hydrogen) atoms. The van der Waals surface area contributed by atoms with Gasteiger partial charge in [-0.25, -0.2) is 4.98 Å². The van der Waals surface area contributed by atoms with Gasteiger partial charge in [0.15, 0.2) is 0 Å². The minimum atomic E-state index is 0.0817. The number of benzene rings is 1. The third-order valence-electron chi connectivity index (χ3n) is 2.40. The maximum Gasteiger partial charge on any atom is 0.226 e. The first-order valence-electron chi connectivity index (χ1n) is 5.53. The summed E-state index contributed by atoms with van der Waals surface area (Å²) in [5, 5.41) is 0. The lowest BCUT2D eigenvalue weighted by atomic mass is 10.2. The van der Waals surface area contributed by atoms with Gasteiger partial charge in [0.05, 0.1) is 12.8 Å². The van der Waals surface area contributed by atoms with Crippen molar-refractivity contribution in [1.29, 1.82) is 0 Å². The van der Waals surface area contributed by atoms with Crippen molar-refractivity contribution in [3.8, 4) is 17.2 Å². The van der Waals surface area contributed by atoms with Crippen LogP contribution in [0.4, 0.5) is 0 Å². The van der Waals surface area contributed by atoms with Crippen LogP contribution in [-0.2, 0) is 6.42 Å². The first-order valence-corrected chi connectivity index (χ1v) is 5.53. The van der Waals surface area contributed by atoms with Crippen LogP contribution in [0, 0.1) is 0 Å². The lowest BCUT2D eigenvalue weighted by Gasteiger charge is -2.01. The summed E-state index contributed by atoms with van der Waals surface area (Å²) < 4.78 is 10.6. The van der Waals surface area contributed by atoms with Gasteiger partial charge in [-0.3, -0.25) is 0 Å². The quantitative estimate of drug-likeness (QED) is 0.878. The molecule has 0 radical (unpaired) electrons. The molecule has 2 rings (SSSR count). The molecule has 90 valence electrons. The van der Waals surface area contributed by atoms with Gasteiger partial charge in [-0.15, -0.1) is 0 Å². The van der Waals surface area contributed by atoms with Gasteiger partial charge in [0.2, 0.25) is 5.89 Å². The second kappa shape index (κ2) is 5.01. The topological polar surface area (TPSA) is 61.3 Å². The number of nitrogens with two attached hydrogens (primary N) is 1. The monoisotopic (exact) mass is 232 g/mol. The van der Waals surface area contributed by atoms with Crippen molar-refractivity contribution in [3.63, 3.8) is 0 Å².